The molecule has 0 unspecified atom stereocenters. The molecule has 7 heteroatoms. The highest BCUT2D eigenvalue weighted by Crippen LogP contribution is 2.26. The summed E-state index contributed by atoms with van der Waals surface area (Å²) < 4.78 is 1.51. The quantitative estimate of drug-likeness (QED) is 0.181. The fraction of sp³-hybridized carbons (Fsp3) is 0.286. The molecule has 0 aliphatic rings. The van der Waals surface area contributed by atoms with Gasteiger partial charge in [-0.25, -0.2) is 0 Å². The van der Waals surface area contributed by atoms with Gasteiger partial charge in [-0.2, -0.15) is 0 Å². The van der Waals surface area contributed by atoms with Crippen molar-refractivity contribution in [3.63, 3.8) is 0 Å². The highest BCUT2D eigenvalue weighted by atomic mass is 35.5. The average Bonchev–Trinajstić information content (AvgIpc) is 2.97. The number of benzene rings is 3. The number of rotatable bonds is 12. The van der Waals surface area contributed by atoms with Crippen LogP contribution in [0, 0.1) is 13.8 Å². The molecule has 0 fully saturated rings. The lowest BCUT2D eigenvalue weighted by Gasteiger charge is -2.25. The van der Waals surface area contributed by atoms with Crippen LogP contribution in [0.2, 0.25) is 5.02 Å². The van der Waals surface area contributed by atoms with Crippen molar-refractivity contribution in [3.8, 4) is 11.1 Å². The maximum absolute atomic E-state index is 13.9. The Morgan fingerprint density at radius 3 is 2.29 bits per heavy atom. The van der Waals surface area contributed by atoms with E-state index in [0.717, 1.165) is 40.7 Å². The van der Waals surface area contributed by atoms with Crippen LogP contribution >= 0.6 is 11.6 Å². The van der Waals surface area contributed by atoms with Gasteiger partial charge in [0.25, 0.3) is 5.56 Å². The summed E-state index contributed by atoms with van der Waals surface area (Å²) in [5.74, 6) is -1.41. The van der Waals surface area contributed by atoms with Crippen LogP contribution in [0.25, 0.3) is 11.1 Å². The van der Waals surface area contributed by atoms with Gasteiger partial charge >= 0.3 is 5.97 Å². The fourth-order valence-corrected chi connectivity index (χ4v) is 5.57. The number of aryl methyl sites for hydroxylation is 2. The second-order valence-corrected chi connectivity index (χ2v) is 11.2. The van der Waals surface area contributed by atoms with Gasteiger partial charge in [0, 0.05) is 23.2 Å². The standard InChI is InChI=1S/C35H37ClN2O4/c1-4-5-14-32(38-22-23(2)19-28(35(38)42)20-29-24(3)10-9-13-30(29)36)34(41)37-31(21-33(39)40)27-17-15-26(16-18-27)25-11-7-6-8-12-25/h6-13,15-19,22,31-32H,4-5,14,20-21H2,1-3H3,(H,37,41)(H,39,40)/t31-,32+/m0/s1. The Morgan fingerprint density at radius 1 is 0.952 bits per heavy atom. The molecule has 0 radical (unpaired) electrons. The summed E-state index contributed by atoms with van der Waals surface area (Å²) in [6, 6.07) is 23.4. The number of amides is 1. The van der Waals surface area contributed by atoms with E-state index in [0.29, 0.717) is 29.0 Å². The van der Waals surface area contributed by atoms with Crippen LogP contribution < -0.4 is 10.9 Å². The Hall–Kier alpha value is -4.16. The summed E-state index contributed by atoms with van der Waals surface area (Å²) in [5.41, 5.74) is 5.75. The molecule has 1 amide bonds. The Labute approximate surface area is 252 Å². The molecular weight excluding hydrogens is 548 g/mol. The SMILES string of the molecule is CCCC[C@H](C(=O)N[C@@H](CC(=O)O)c1ccc(-c2ccccc2)cc1)n1cc(C)cc(Cc2c(C)cccc2Cl)c1=O. The van der Waals surface area contributed by atoms with Gasteiger partial charge in [0.05, 0.1) is 12.5 Å². The van der Waals surface area contributed by atoms with Crippen molar-refractivity contribution in [2.24, 2.45) is 0 Å². The highest BCUT2D eigenvalue weighted by Gasteiger charge is 2.27. The summed E-state index contributed by atoms with van der Waals surface area (Å²) in [5, 5.41) is 13.2. The zero-order valence-corrected chi connectivity index (χ0v) is 25.0. The molecular formula is C35H37ClN2O4. The number of unbranched alkanes of at least 4 members (excludes halogenated alkanes) is 1. The number of hydrogen-bond acceptors (Lipinski definition) is 3. The first-order valence-corrected chi connectivity index (χ1v) is 14.7. The zero-order valence-electron chi connectivity index (χ0n) is 24.3. The summed E-state index contributed by atoms with van der Waals surface area (Å²) in [7, 11) is 0. The number of carbonyl (C=O) groups is 2. The minimum atomic E-state index is -1.03. The summed E-state index contributed by atoms with van der Waals surface area (Å²) >= 11 is 6.47. The van der Waals surface area contributed by atoms with Crippen molar-refractivity contribution < 1.29 is 14.7 Å². The maximum Gasteiger partial charge on any atom is 0.305 e. The molecule has 2 atom stereocenters. The van der Waals surface area contributed by atoms with E-state index in [4.69, 9.17) is 11.6 Å². The number of halogens is 1. The van der Waals surface area contributed by atoms with Crippen LogP contribution in [0.3, 0.4) is 0 Å². The molecule has 0 saturated carbocycles. The van der Waals surface area contributed by atoms with Gasteiger partial charge in [0.15, 0.2) is 0 Å². The molecule has 1 heterocycles. The summed E-state index contributed by atoms with van der Waals surface area (Å²) in [6.45, 7) is 5.89. The molecule has 42 heavy (non-hydrogen) atoms. The molecule has 218 valence electrons. The maximum atomic E-state index is 13.9. The van der Waals surface area contributed by atoms with Crippen LogP contribution in [-0.2, 0) is 16.0 Å². The largest absolute Gasteiger partial charge is 0.481 e. The van der Waals surface area contributed by atoms with Crippen molar-refractivity contribution in [3.05, 3.63) is 128 Å². The number of hydrogen-bond donors (Lipinski definition) is 2. The first-order chi connectivity index (χ1) is 20.2. The summed E-state index contributed by atoms with van der Waals surface area (Å²) in [4.78, 5) is 39.5. The van der Waals surface area contributed by atoms with E-state index in [1.54, 1.807) is 6.20 Å². The van der Waals surface area contributed by atoms with Gasteiger partial charge in [-0.15, -0.1) is 0 Å². The van der Waals surface area contributed by atoms with E-state index in [2.05, 4.69) is 5.32 Å². The molecule has 0 saturated heterocycles. The second kappa shape index (κ2) is 14.1. The molecule has 6 nitrogen and oxygen atoms in total. The van der Waals surface area contributed by atoms with Crippen LogP contribution in [0.1, 0.15) is 72.5 Å². The monoisotopic (exact) mass is 584 g/mol. The smallest absolute Gasteiger partial charge is 0.305 e. The fourth-order valence-electron chi connectivity index (χ4n) is 5.28. The van der Waals surface area contributed by atoms with E-state index < -0.39 is 18.1 Å². The van der Waals surface area contributed by atoms with Crippen LogP contribution in [-0.4, -0.2) is 21.6 Å². The first-order valence-electron chi connectivity index (χ1n) is 14.3. The molecule has 0 spiro atoms. The molecule has 1 aromatic heterocycles. The third-order valence-electron chi connectivity index (χ3n) is 7.56. The van der Waals surface area contributed by atoms with E-state index >= 15 is 0 Å². The van der Waals surface area contributed by atoms with Crippen LogP contribution in [0.5, 0.6) is 0 Å². The average molecular weight is 585 g/mol. The highest BCUT2D eigenvalue weighted by molar-refractivity contribution is 6.31. The van der Waals surface area contributed by atoms with Gasteiger partial charge in [0.2, 0.25) is 5.91 Å². The number of aromatic nitrogens is 1. The number of pyridine rings is 1. The molecule has 0 aliphatic heterocycles. The molecule has 0 aliphatic carbocycles. The lowest BCUT2D eigenvalue weighted by Crippen LogP contribution is -2.40. The Kier molecular flexibility index (Phi) is 10.4. The predicted molar refractivity (Wildman–Crippen MR) is 168 cm³/mol. The van der Waals surface area contributed by atoms with Crippen LogP contribution in [0.15, 0.2) is 89.9 Å². The van der Waals surface area contributed by atoms with Crippen LogP contribution in [0.4, 0.5) is 0 Å². The lowest BCUT2D eigenvalue weighted by molar-refractivity contribution is -0.137. The predicted octanol–water partition coefficient (Wildman–Crippen LogP) is 7.44. The van der Waals surface area contributed by atoms with Gasteiger partial charge in [0.1, 0.15) is 6.04 Å². The Morgan fingerprint density at radius 2 is 1.64 bits per heavy atom. The lowest BCUT2D eigenvalue weighted by atomic mass is 9.98. The Bertz CT molecular complexity index is 1580. The zero-order chi connectivity index (χ0) is 30.2. The van der Waals surface area contributed by atoms with Gasteiger partial charge in [-0.05, 0) is 65.8 Å². The molecule has 4 aromatic rings. The third kappa shape index (κ3) is 7.56. The number of carboxylic acid groups (broad SMARTS) is 1. The molecule has 3 aromatic carbocycles. The van der Waals surface area contributed by atoms with E-state index in [9.17, 15) is 19.5 Å². The van der Waals surface area contributed by atoms with Crippen molar-refractivity contribution in [1.82, 2.24) is 9.88 Å². The minimum absolute atomic E-state index is 0.252. The summed E-state index contributed by atoms with van der Waals surface area (Å²) in [6.07, 6.45) is 3.80. The number of nitrogens with zero attached hydrogens (tertiary/aromatic N) is 1. The van der Waals surface area contributed by atoms with Crippen molar-refractivity contribution in [2.45, 2.75) is 65.0 Å². The normalized spacial score (nSPS) is 12.5. The number of carboxylic acids is 1. The first kappa shape index (κ1) is 30.8. The number of nitrogens with one attached hydrogen (secondary N) is 1. The molecule has 0 bridgehead atoms. The second-order valence-electron chi connectivity index (χ2n) is 10.8. The van der Waals surface area contributed by atoms with E-state index in [-0.39, 0.29) is 17.9 Å². The van der Waals surface area contributed by atoms with Gasteiger partial charge in [-0.3, -0.25) is 14.4 Å². The molecule has 4 rings (SSSR count). The van der Waals surface area contributed by atoms with E-state index in [1.807, 2.05) is 99.6 Å². The van der Waals surface area contributed by atoms with Crippen molar-refractivity contribution >= 4 is 23.5 Å². The number of carbonyl (C=O) groups excluding carboxylic acids is 1. The van der Waals surface area contributed by atoms with Crippen molar-refractivity contribution in [1.29, 1.82) is 0 Å². The minimum Gasteiger partial charge on any atom is -0.481 e. The van der Waals surface area contributed by atoms with Gasteiger partial charge < -0.3 is 15.0 Å². The topological polar surface area (TPSA) is 88.4 Å². The molecule has 2 N–H and O–H groups in total. The van der Waals surface area contributed by atoms with E-state index in [1.165, 1.54) is 4.57 Å². The Balaban J connectivity index is 1.66. The van der Waals surface area contributed by atoms with Crippen molar-refractivity contribution in [2.75, 3.05) is 0 Å². The third-order valence-corrected chi connectivity index (χ3v) is 7.91. The van der Waals surface area contributed by atoms with Gasteiger partial charge in [-0.1, -0.05) is 98.1 Å². The number of aliphatic carboxylic acids is 1.